The number of aliphatic hydroxyl groups is 1. The lowest BCUT2D eigenvalue weighted by Gasteiger charge is -2.52. The summed E-state index contributed by atoms with van der Waals surface area (Å²) in [5, 5.41) is 11.7. The summed E-state index contributed by atoms with van der Waals surface area (Å²) in [5.41, 5.74) is 0.458. The van der Waals surface area contributed by atoms with E-state index in [1.54, 1.807) is 26.4 Å². The number of nitrogens with zero attached hydrogens (tertiary/aromatic N) is 1. The Morgan fingerprint density at radius 2 is 1.61 bits per heavy atom. The zero-order valence-electron chi connectivity index (χ0n) is 23.2. The number of hydrogen-bond acceptors (Lipinski definition) is 7. The van der Waals surface area contributed by atoms with Gasteiger partial charge >= 0.3 is 0 Å². The molecule has 1 aliphatic heterocycles. The smallest absolute Gasteiger partial charge is 0.254 e. The highest BCUT2D eigenvalue weighted by Crippen LogP contribution is 2.52. The molecule has 0 radical (unpaired) electrons. The molecule has 0 spiro atoms. The van der Waals surface area contributed by atoms with E-state index in [2.05, 4.69) is 0 Å². The number of amides is 1. The summed E-state index contributed by atoms with van der Waals surface area (Å²) in [5.74, 6) is 2.51. The molecule has 2 fully saturated rings. The van der Waals surface area contributed by atoms with Crippen LogP contribution in [0.15, 0.2) is 30.3 Å². The minimum absolute atomic E-state index is 0.129. The van der Waals surface area contributed by atoms with Crippen molar-refractivity contribution in [1.29, 1.82) is 0 Å². The van der Waals surface area contributed by atoms with Gasteiger partial charge < -0.3 is 33.7 Å². The van der Waals surface area contributed by atoms with Crippen molar-refractivity contribution in [3.63, 3.8) is 0 Å². The highest BCUT2D eigenvalue weighted by atomic mass is 16.5. The Balaban J connectivity index is 1.83. The van der Waals surface area contributed by atoms with E-state index in [0.717, 1.165) is 31.2 Å². The van der Waals surface area contributed by atoms with Crippen LogP contribution in [0, 0.1) is 5.92 Å². The standard InChI is InChI=1S/C30H41NO7/c1-6-36-25-17-20(18-26(37-7-2)28(25)38-8-3)29(32)31-16-15-30(33)14-10-9-11-23(30)27(31)22-19-21(34-4)12-13-24(22)35-5/h12-13,17-19,23,27,33H,6-11,14-16H2,1-5H3. The Morgan fingerprint density at radius 3 is 2.21 bits per heavy atom. The number of methoxy groups -OCH3 is 2. The van der Waals surface area contributed by atoms with E-state index in [-0.39, 0.29) is 17.9 Å². The molecule has 1 heterocycles. The van der Waals surface area contributed by atoms with E-state index in [1.165, 1.54) is 0 Å². The van der Waals surface area contributed by atoms with E-state index in [4.69, 9.17) is 23.7 Å². The Kier molecular flexibility index (Phi) is 8.92. The SMILES string of the molecule is CCOc1cc(C(=O)N2CCC3(O)CCCCC3C2c2cc(OC)ccc2OC)cc(OCC)c1OCC. The summed E-state index contributed by atoms with van der Waals surface area (Å²) in [6, 6.07) is 8.73. The molecule has 2 aromatic rings. The van der Waals surface area contributed by atoms with Crippen LogP contribution in [0.25, 0.3) is 0 Å². The molecular formula is C30H41NO7. The Labute approximate surface area is 225 Å². The Bertz CT molecular complexity index is 1090. The summed E-state index contributed by atoms with van der Waals surface area (Å²) in [6.45, 7) is 7.39. The highest BCUT2D eigenvalue weighted by molar-refractivity contribution is 5.96. The van der Waals surface area contributed by atoms with Gasteiger partial charge in [0.1, 0.15) is 11.5 Å². The van der Waals surface area contributed by atoms with Crippen LogP contribution in [0.5, 0.6) is 28.7 Å². The first-order chi connectivity index (χ1) is 18.4. The van der Waals surface area contributed by atoms with Crippen molar-refractivity contribution in [2.45, 2.75) is 64.5 Å². The number of benzene rings is 2. The van der Waals surface area contributed by atoms with Gasteiger partial charge in [-0.25, -0.2) is 0 Å². The second-order valence-electron chi connectivity index (χ2n) is 9.86. The first-order valence-corrected chi connectivity index (χ1v) is 13.7. The van der Waals surface area contributed by atoms with Crippen LogP contribution < -0.4 is 23.7 Å². The number of piperidine rings is 1. The molecular weight excluding hydrogens is 486 g/mol. The average molecular weight is 528 g/mol. The summed E-state index contributed by atoms with van der Waals surface area (Å²) < 4.78 is 28.9. The van der Waals surface area contributed by atoms with Crippen molar-refractivity contribution in [2.75, 3.05) is 40.6 Å². The third-order valence-electron chi connectivity index (χ3n) is 7.74. The number of hydrogen-bond donors (Lipinski definition) is 1. The van der Waals surface area contributed by atoms with Gasteiger partial charge in [-0.05, 0) is 70.4 Å². The van der Waals surface area contributed by atoms with Crippen LogP contribution in [0.4, 0.5) is 0 Å². The normalized spacial score (nSPS) is 22.8. The molecule has 1 saturated carbocycles. The van der Waals surface area contributed by atoms with Gasteiger partial charge in [-0.2, -0.15) is 0 Å². The van der Waals surface area contributed by atoms with Crippen molar-refractivity contribution >= 4 is 5.91 Å². The molecule has 1 aliphatic carbocycles. The minimum atomic E-state index is -0.834. The predicted octanol–water partition coefficient (Wildman–Crippen LogP) is 5.41. The second kappa shape index (κ2) is 12.2. The number of fused-ring (bicyclic) bond motifs is 1. The summed E-state index contributed by atoms with van der Waals surface area (Å²) in [7, 11) is 3.25. The van der Waals surface area contributed by atoms with E-state index >= 15 is 0 Å². The third-order valence-corrected chi connectivity index (χ3v) is 7.74. The molecule has 3 unspecified atom stereocenters. The monoisotopic (exact) mass is 527 g/mol. The topological polar surface area (TPSA) is 86.7 Å². The summed E-state index contributed by atoms with van der Waals surface area (Å²) in [6.07, 6.45) is 4.07. The molecule has 3 atom stereocenters. The van der Waals surface area contributed by atoms with Crippen LogP contribution in [0.3, 0.4) is 0 Å². The first-order valence-electron chi connectivity index (χ1n) is 13.7. The van der Waals surface area contributed by atoms with Gasteiger partial charge in [-0.3, -0.25) is 4.79 Å². The molecule has 0 aromatic heterocycles. The first kappa shape index (κ1) is 27.9. The lowest BCUT2D eigenvalue weighted by atomic mass is 9.66. The van der Waals surface area contributed by atoms with Crippen LogP contribution in [0.2, 0.25) is 0 Å². The van der Waals surface area contributed by atoms with Gasteiger partial charge in [-0.1, -0.05) is 12.8 Å². The van der Waals surface area contributed by atoms with Crippen LogP contribution in [-0.2, 0) is 0 Å². The number of carbonyl (C=O) groups is 1. The summed E-state index contributed by atoms with van der Waals surface area (Å²) >= 11 is 0. The zero-order chi connectivity index (χ0) is 27.3. The number of likely N-dealkylation sites (tertiary alicyclic amines) is 1. The van der Waals surface area contributed by atoms with Crippen molar-refractivity contribution in [2.24, 2.45) is 5.92 Å². The maximum Gasteiger partial charge on any atom is 0.254 e. The molecule has 2 aromatic carbocycles. The van der Waals surface area contributed by atoms with Crippen LogP contribution in [0.1, 0.15) is 74.8 Å². The highest BCUT2D eigenvalue weighted by Gasteiger charge is 2.51. The van der Waals surface area contributed by atoms with Gasteiger partial charge in [0.2, 0.25) is 5.75 Å². The third kappa shape index (κ3) is 5.37. The molecule has 1 N–H and O–H groups in total. The van der Waals surface area contributed by atoms with Gasteiger partial charge in [-0.15, -0.1) is 0 Å². The molecule has 1 saturated heterocycles. The fourth-order valence-corrected chi connectivity index (χ4v) is 6.04. The van der Waals surface area contributed by atoms with Gasteiger partial charge in [0.05, 0.1) is 45.7 Å². The molecule has 1 amide bonds. The maximum atomic E-state index is 14.3. The largest absolute Gasteiger partial charge is 0.497 e. The number of ether oxygens (including phenoxy) is 5. The Morgan fingerprint density at radius 1 is 0.921 bits per heavy atom. The number of carbonyl (C=O) groups excluding carboxylic acids is 1. The minimum Gasteiger partial charge on any atom is -0.497 e. The fraction of sp³-hybridized carbons (Fsp3) is 0.567. The molecule has 0 bridgehead atoms. The van der Waals surface area contributed by atoms with Gasteiger partial charge in [0.25, 0.3) is 5.91 Å². The molecule has 8 nitrogen and oxygen atoms in total. The quantitative estimate of drug-likeness (QED) is 0.442. The van der Waals surface area contributed by atoms with Crippen molar-refractivity contribution < 1.29 is 33.6 Å². The van der Waals surface area contributed by atoms with Crippen molar-refractivity contribution in [3.05, 3.63) is 41.5 Å². The number of rotatable bonds is 10. The van der Waals surface area contributed by atoms with Crippen LogP contribution >= 0.6 is 0 Å². The molecule has 4 rings (SSSR count). The van der Waals surface area contributed by atoms with E-state index in [0.29, 0.717) is 67.1 Å². The second-order valence-corrected chi connectivity index (χ2v) is 9.86. The van der Waals surface area contributed by atoms with E-state index in [1.807, 2.05) is 43.9 Å². The van der Waals surface area contributed by atoms with Crippen molar-refractivity contribution in [3.8, 4) is 28.7 Å². The van der Waals surface area contributed by atoms with Crippen molar-refractivity contribution in [1.82, 2.24) is 4.90 Å². The zero-order valence-corrected chi connectivity index (χ0v) is 23.2. The summed E-state index contributed by atoms with van der Waals surface area (Å²) in [4.78, 5) is 16.2. The lowest BCUT2D eigenvalue weighted by Crippen LogP contribution is -2.56. The maximum absolute atomic E-state index is 14.3. The molecule has 208 valence electrons. The predicted molar refractivity (Wildman–Crippen MR) is 145 cm³/mol. The molecule has 2 aliphatic rings. The molecule has 8 heteroatoms. The van der Waals surface area contributed by atoms with Gasteiger partial charge in [0, 0.05) is 23.6 Å². The van der Waals surface area contributed by atoms with Gasteiger partial charge in [0.15, 0.2) is 11.5 Å². The molecule has 38 heavy (non-hydrogen) atoms. The fourth-order valence-electron chi connectivity index (χ4n) is 6.04. The van der Waals surface area contributed by atoms with Crippen LogP contribution in [-0.4, -0.2) is 62.1 Å². The van der Waals surface area contributed by atoms with E-state index in [9.17, 15) is 9.90 Å². The van der Waals surface area contributed by atoms with E-state index < -0.39 is 5.60 Å². The average Bonchev–Trinajstić information content (AvgIpc) is 2.93. The lowest BCUT2D eigenvalue weighted by molar-refractivity contribution is -0.115. The Hall–Kier alpha value is -3.13.